The molecule has 170 valence electrons. The minimum Gasteiger partial charge on any atom is -0.497 e. The summed E-state index contributed by atoms with van der Waals surface area (Å²) in [6, 6.07) is 14.2. The van der Waals surface area contributed by atoms with E-state index in [1.165, 1.54) is 25.0 Å². The number of nitrogens with zero attached hydrogens (tertiary/aromatic N) is 2. The van der Waals surface area contributed by atoms with E-state index in [2.05, 4.69) is 11.8 Å². The first-order valence-corrected chi connectivity index (χ1v) is 11.2. The third-order valence-electron chi connectivity index (χ3n) is 7.33. The zero-order valence-electron chi connectivity index (χ0n) is 18.5. The first-order valence-electron chi connectivity index (χ1n) is 11.2. The Balaban J connectivity index is 0.00000245. The number of benzene rings is 2. The molecule has 0 radical (unpaired) electrons. The summed E-state index contributed by atoms with van der Waals surface area (Å²) in [5, 5.41) is 12.5. The Hall–Kier alpha value is -2.21. The molecule has 3 aromatic rings. The van der Waals surface area contributed by atoms with E-state index in [0.29, 0.717) is 5.92 Å². The number of hydrogen-bond donors (Lipinski definition) is 1. The van der Waals surface area contributed by atoms with Crippen LogP contribution in [0.15, 0.2) is 48.5 Å². The Kier molecular flexibility index (Phi) is 6.70. The molecule has 4 heterocycles. The number of hydrogen-bond acceptors (Lipinski definition) is 4. The van der Waals surface area contributed by atoms with E-state index in [1.54, 1.807) is 19.2 Å². The monoisotopic (exact) mass is 456 g/mol. The molecule has 3 fully saturated rings. The summed E-state index contributed by atoms with van der Waals surface area (Å²) >= 11 is 0. The van der Waals surface area contributed by atoms with E-state index < -0.39 is 6.10 Å². The van der Waals surface area contributed by atoms with Crippen molar-refractivity contribution in [1.82, 2.24) is 9.88 Å². The Morgan fingerprint density at radius 2 is 1.97 bits per heavy atom. The minimum atomic E-state index is -0.614. The van der Waals surface area contributed by atoms with Crippen LogP contribution in [0, 0.1) is 17.7 Å². The van der Waals surface area contributed by atoms with Gasteiger partial charge in [-0.15, -0.1) is 12.4 Å². The van der Waals surface area contributed by atoms with Gasteiger partial charge in [0.15, 0.2) is 0 Å². The molecule has 1 N–H and O–H groups in total. The molecule has 1 unspecified atom stereocenters. The summed E-state index contributed by atoms with van der Waals surface area (Å²) in [4.78, 5) is 7.28. The summed E-state index contributed by atoms with van der Waals surface area (Å²) in [6.45, 7) is 4.40. The van der Waals surface area contributed by atoms with Crippen molar-refractivity contribution < 1.29 is 14.2 Å². The Morgan fingerprint density at radius 3 is 2.62 bits per heavy atom. The van der Waals surface area contributed by atoms with Crippen molar-refractivity contribution >= 4 is 23.3 Å². The number of aliphatic hydroxyl groups excluding tert-OH is 1. The lowest BCUT2D eigenvalue weighted by molar-refractivity contribution is -0.0562. The highest BCUT2D eigenvalue weighted by molar-refractivity contribution is 5.87. The zero-order chi connectivity index (χ0) is 21.5. The second kappa shape index (κ2) is 9.34. The van der Waals surface area contributed by atoms with E-state index in [1.807, 2.05) is 24.3 Å². The van der Waals surface area contributed by atoms with Crippen molar-refractivity contribution in [2.45, 2.75) is 38.3 Å². The van der Waals surface area contributed by atoms with Crippen LogP contribution >= 0.6 is 12.4 Å². The summed E-state index contributed by atoms with van der Waals surface area (Å²) in [7, 11) is 1.65. The second-order valence-electron chi connectivity index (χ2n) is 8.95. The van der Waals surface area contributed by atoms with Gasteiger partial charge >= 0.3 is 0 Å². The maximum absolute atomic E-state index is 13.5. The Labute approximate surface area is 194 Å². The number of aromatic nitrogens is 1. The van der Waals surface area contributed by atoms with Crippen LogP contribution in [0.2, 0.25) is 0 Å². The van der Waals surface area contributed by atoms with E-state index in [0.717, 1.165) is 58.9 Å². The van der Waals surface area contributed by atoms with E-state index >= 15 is 0 Å². The van der Waals surface area contributed by atoms with Crippen molar-refractivity contribution in [2.75, 3.05) is 20.2 Å². The van der Waals surface area contributed by atoms with Crippen molar-refractivity contribution in [3.63, 3.8) is 0 Å². The number of fused-ring (bicyclic) bond motifs is 4. The van der Waals surface area contributed by atoms with Crippen LogP contribution in [0.4, 0.5) is 4.39 Å². The number of rotatable bonds is 5. The number of halogens is 2. The third-order valence-corrected chi connectivity index (χ3v) is 7.33. The molecule has 6 rings (SSSR count). The largest absolute Gasteiger partial charge is 0.497 e. The molecule has 1 aromatic heterocycles. The molecule has 6 heteroatoms. The van der Waals surface area contributed by atoms with Gasteiger partial charge in [0.25, 0.3) is 0 Å². The molecule has 5 atom stereocenters. The van der Waals surface area contributed by atoms with Crippen molar-refractivity contribution in [1.29, 1.82) is 0 Å². The van der Waals surface area contributed by atoms with E-state index in [9.17, 15) is 9.50 Å². The maximum Gasteiger partial charge on any atom is 0.123 e. The number of piperidine rings is 3. The van der Waals surface area contributed by atoms with Crippen LogP contribution in [0.25, 0.3) is 22.2 Å². The fourth-order valence-electron chi connectivity index (χ4n) is 5.55. The first-order chi connectivity index (χ1) is 15.1. The Bertz CT molecular complexity index is 1090. The summed E-state index contributed by atoms with van der Waals surface area (Å²) < 4.78 is 18.9. The molecular weight excluding hydrogens is 427 g/mol. The molecule has 0 saturated carbocycles. The summed E-state index contributed by atoms with van der Waals surface area (Å²) in [5.41, 5.74) is 3.26. The average molecular weight is 457 g/mol. The summed E-state index contributed by atoms with van der Waals surface area (Å²) in [5.74, 6) is 1.90. The third kappa shape index (κ3) is 4.09. The van der Waals surface area contributed by atoms with Gasteiger partial charge in [0, 0.05) is 23.5 Å². The molecule has 3 saturated heterocycles. The molecule has 4 nitrogen and oxygen atoms in total. The SMILES string of the molecule is CC[C@H]1CN2CC[C@H]1C[C@H]2[C@H](O)c1cc(-c2ccc(F)cc2)nc2ccc(OC)cc12.Cl. The fourth-order valence-corrected chi connectivity index (χ4v) is 5.55. The lowest BCUT2D eigenvalue weighted by Gasteiger charge is -2.51. The van der Waals surface area contributed by atoms with Crippen molar-refractivity contribution in [3.8, 4) is 17.0 Å². The van der Waals surface area contributed by atoms with Gasteiger partial charge in [-0.3, -0.25) is 4.90 Å². The van der Waals surface area contributed by atoms with Crippen LogP contribution in [-0.2, 0) is 0 Å². The Morgan fingerprint density at radius 1 is 1.19 bits per heavy atom. The molecule has 0 aliphatic carbocycles. The van der Waals surface area contributed by atoms with Gasteiger partial charge in [0.05, 0.1) is 24.4 Å². The predicted octanol–water partition coefficient (Wildman–Crippen LogP) is 5.63. The molecule has 3 aliphatic heterocycles. The molecule has 3 aliphatic rings. The number of methoxy groups -OCH3 is 1. The van der Waals surface area contributed by atoms with Gasteiger partial charge in [-0.2, -0.15) is 0 Å². The lowest BCUT2D eigenvalue weighted by Crippen LogP contribution is -2.55. The smallest absolute Gasteiger partial charge is 0.123 e. The maximum atomic E-state index is 13.5. The molecule has 0 amide bonds. The second-order valence-corrected chi connectivity index (χ2v) is 8.95. The van der Waals surface area contributed by atoms with Crippen LogP contribution < -0.4 is 4.74 Å². The first kappa shape index (κ1) is 23.0. The van der Waals surface area contributed by atoms with Crippen LogP contribution in [0.1, 0.15) is 37.9 Å². The topological polar surface area (TPSA) is 45.6 Å². The van der Waals surface area contributed by atoms with Gasteiger partial charge in [-0.25, -0.2) is 9.37 Å². The highest BCUT2D eigenvalue weighted by atomic mass is 35.5. The number of aliphatic hydroxyl groups is 1. The number of pyridine rings is 1. The highest BCUT2D eigenvalue weighted by Gasteiger charge is 2.42. The highest BCUT2D eigenvalue weighted by Crippen LogP contribution is 2.43. The minimum absolute atomic E-state index is 0. The van der Waals surface area contributed by atoms with E-state index in [-0.39, 0.29) is 24.3 Å². The standard InChI is InChI=1S/C26H29FN2O2.ClH/c1-3-16-15-29-11-10-18(16)12-25(29)26(30)22-14-24(17-4-6-19(27)7-5-17)28-23-9-8-20(31-2)13-21(22)23;/h4-9,13-14,16,18,25-26,30H,3,10-12,15H2,1-2H3;1H/t16-,18-,25-,26+;/m0./s1. The van der Waals surface area contributed by atoms with Gasteiger partial charge in [0.2, 0.25) is 0 Å². The predicted molar refractivity (Wildman–Crippen MR) is 128 cm³/mol. The lowest BCUT2D eigenvalue weighted by atomic mass is 9.72. The van der Waals surface area contributed by atoms with Crippen LogP contribution in [0.3, 0.4) is 0 Å². The van der Waals surface area contributed by atoms with Crippen molar-refractivity contribution in [3.05, 3.63) is 59.9 Å². The molecule has 0 spiro atoms. The fraction of sp³-hybridized carbons (Fsp3) is 0.423. The number of ether oxygens (including phenoxy) is 1. The van der Waals surface area contributed by atoms with Crippen molar-refractivity contribution in [2.24, 2.45) is 11.8 Å². The van der Waals surface area contributed by atoms with Gasteiger partial charge in [0.1, 0.15) is 11.6 Å². The zero-order valence-corrected chi connectivity index (χ0v) is 19.3. The molecule has 2 bridgehead atoms. The molecule has 32 heavy (non-hydrogen) atoms. The summed E-state index contributed by atoms with van der Waals surface area (Å²) in [6.07, 6.45) is 2.85. The molecule has 2 aromatic carbocycles. The van der Waals surface area contributed by atoms with Crippen LogP contribution in [0.5, 0.6) is 5.75 Å². The van der Waals surface area contributed by atoms with Gasteiger partial charge < -0.3 is 9.84 Å². The molecular formula is C26H30ClFN2O2. The van der Waals surface area contributed by atoms with E-state index in [4.69, 9.17) is 9.72 Å². The normalized spacial score (nSPS) is 25.4. The van der Waals surface area contributed by atoms with Gasteiger partial charge in [-0.05, 0) is 85.3 Å². The average Bonchev–Trinajstić information content (AvgIpc) is 2.83. The quantitative estimate of drug-likeness (QED) is 0.540. The van der Waals surface area contributed by atoms with Gasteiger partial charge in [-0.1, -0.05) is 13.3 Å². The van der Waals surface area contributed by atoms with Crippen LogP contribution in [-0.4, -0.2) is 41.2 Å².